The molecule has 2 N–H and O–H groups in total. The molecule has 0 saturated heterocycles. The smallest absolute Gasteiger partial charge is 0.194 e. The summed E-state index contributed by atoms with van der Waals surface area (Å²) >= 11 is 0. The maximum absolute atomic E-state index is 16.1. The molecule has 8 heteroatoms. The Labute approximate surface area is 206 Å². The Morgan fingerprint density at radius 2 is 1.83 bits per heavy atom. The number of nitrogens with zero attached hydrogens (tertiary/aromatic N) is 3. The van der Waals surface area contributed by atoms with Crippen LogP contribution in [-0.4, -0.2) is 26.0 Å². The molecule has 182 valence electrons. The molecule has 2 bridgehead atoms. The molecule has 0 amide bonds. The number of hydrogen-bond donors (Lipinski definition) is 2. The molecule has 1 aromatic carbocycles. The van der Waals surface area contributed by atoms with Gasteiger partial charge in [-0.05, 0) is 61.6 Å². The number of aromatic nitrogens is 4. The zero-order valence-corrected chi connectivity index (χ0v) is 19.8. The van der Waals surface area contributed by atoms with Crippen molar-refractivity contribution in [3.63, 3.8) is 0 Å². The van der Waals surface area contributed by atoms with Crippen molar-refractivity contribution in [3.8, 4) is 22.8 Å². The van der Waals surface area contributed by atoms with Gasteiger partial charge in [0.2, 0.25) is 0 Å². The lowest BCUT2D eigenvalue weighted by molar-refractivity contribution is 0.0926. The van der Waals surface area contributed by atoms with Gasteiger partial charge in [-0.2, -0.15) is 0 Å². The molecule has 4 aromatic heterocycles. The summed E-state index contributed by atoms with van der Waals surface area (Å²) in [5.74, 6) is 1.31. The van der Waals surface area contributed by atoms with Crippen LogP contribution >= 0.6 is 0 Å². The lowest BCUT2D eigenvalue weighted by Gasteiger charge is -2.47. The molecule has 0 aliphatic heterocycles. The molecular formula is C28H25F2N5O. The highest BCUT2D eigenvalue weighted by atomic mass is 19.1. The number of halogens is 2. The van der Waals surface area contributed by atoms with E-state index in [1.807, 2.05) is 24.3 Å². The third-order valence-electron chi connectivity index (χ3n) is 8.19. The third kappa shape index (κ3) is 3.38. The van der Waals surface area contributed by atoms with E-state index in [0.29, 0.717) is 45.7 Å². The van der Waals surface area contributed by atoms with Crippen LogP contribution in [0.5, 0.6) is 0 Å². The summed E-state index contributed by atoms with van der Waals surface area (Å²) in [6, 6.07) is 10.8. The molecule has 8 rings (SSSR count). The number of benzene rings is 1. The monoisotopic (exact) mass is 485 g/mol. The van der Waals surface area contributed by atoms with Gasteiger partial charge >= 0.3 is 0 Å². The number of rotatable bonds is 4. The maximum Gasteiger partial charge on any atom is 0.194 e. The standard InChI is InChI=1S/C28H25F2N5O/c1-14-15-6-8-16(9-7-15)24(14)33-28-23(30)25(22-10-17-4-2-3-5-21(17)36-22)34-27(35-28)20-13-32-26-19(20)11-18(29)12-31-26/h2-5,10-16,24H,6-9H2,1H3,(H,31,32)(H,33,34,35). The summed E-state index contributed by atoms with van der Waals surface area (Å²) in [7, 11) is 0. The Kier molecular flexibility index (Phi) is 4.84. The lowest BCUT2D eigenvalue weighted by Crippen LogP contribution is -2.47. The van der Waals surface area contributed by atoms with Crippen LogP contribution in [0.4, 0.5) is 14.6 Å². The molecule has 5 aromatic rings. The van der Waals surface area contributed by atoms with E-state index < -0.39 is 11.6 Å². The van der Waals surface area contributed by atoms with E-state index in [-0.39, 0.29) is 23.4 Å². The first kappa shape index (κ1) is 21.5. The fourth-order valence-corrected chi connectivity index (χ4v) is 6.25. The molecule has 36 heavy (non-hydrogen) atoms. The molecular weight excluding hydrogens is 460 g/mol. The molecule has 6 nitrogen and oxygen atoms in total. The predicted molar refractivity (Wildman–Crippen MR) is 134 cm³/mol. The third-order valence-corrected chi connectivity index (χ3v) is 8.19. The molecule has 2 unspecified atom stereocenters. The number of anilines is 1. The van der Waals surface area contributed by atoms with Crippen LogP contribution in [0.15, 0.2) is 53.2 Å². The van der Waals surface area contributed by atoms with Gasteiger partial charge in [0.1, 0.15) is 22.7 Å². The van der Waals surface area contributed by atoms with Crippen molar-refractivity contribution in [2.45, 2.75) is 38.6 Å². The first-order valence-electron chi connectivity index (χ1n) is 12.5. The van der Waals surface area contributed by atoms with Gasteiger partial charge < -0.3 is 14.7 Å². The molecule has 3 fully saturated rings. The maximum atomic E-state index is 16.1. The van der Waals surface area contributed by atoms with Crippen LogP contribution in [0.2, 0.25) is 0 Å². The Hall–Kier alpha value is -3.81. The second-order valence-electron chi connectivity index (χ2n) is 10.2. The van der Waals surface area contributed by atoms with E-state index in [4.69, 9.17) is 4.42 Å². The summed E-state index contributed by atoms with van der Waals surface area (Å²) in [5, 5.41) is 4.86. The molecule has 2 atom stereocenters. The normalized spacial score (nSPS) is 23.5. The molecule has 0 radical (unpaired) electrons. The SMILES string of the molecule is CC1C2CCC(CC2)C1Nc1nc(-c2c[nH]c3ncc(F)cc23)nc(-c2cc3ccccc3o2)c1F. The number of fused-ring (bicyclic) bond motifs is 5. The van der Waals surface area contributed by atoms with Gasteiger partial charge in [0.05, 0.1) is 6.20 Å². The zero-order chi connectivity index (χ0) is 24.4. The van der Waals surface area contributed by atoms with Crippen LogP contribution in [0, 0.1) is 29.4 Å². The van der Waals surface area contributed by atoms with Crippen molar-refractivity contribution < 1.29 is 13.2 Å². The quantitative estimate of drug-likeness (QED) is 0.288. The molecule has 0 spiro atoms. The minimum absolute atomic E-state index is 0.0750. The molecule has 3 aliphatic rings. The second-order valence-corrected chi connectivity index (χ2v) is 10.2. The number of hydrogen-bond acceptors (Lipinski definition) is 5. The van der Waals surface area contributed by atoms with Gasteiger partial charge in [0, 0.05) is 28.6 Å². The second kappa shape index (κ2) is 8.11. The van der Waals surface area contributed by atoms with E-state index in [1.165, 1.54) is 18.9 Å². The van der Waals surface area contributed by atoms with Gasteiger partial charge in [0.15, 0.2) is 23.2 Å². The fraction of sp³-hybridized carbons (Fsp3) is 0.321. The number of pyridine rings is 1. The lowest BCUT2D eigenvalue weighted by atomic mass is 9.62. The summed E-state index contributed by atoms with van der Waals surface area (Å²) in [6.45, 7) is 2.25. The summed E-state index contributed by atoms with van der Waals surface area (Å²) in [5.41, 5.74) is 1.79. The van der Waals surface area contributed by atoms with Gasteiger partial charge in [-0.1, -0.05) is 25.1 Å². The van der Waals surface area contributed by atoms with Gasteiger partial charge in [-0.25, -0.2) is 23.7 Å². The first-order chi connectivity index (χ1) is 17.5. The van der Waals surface area contributed by atoms with Crippen molar-refractivity contribution >= 4 is 27.8 Å². The fourth-order valence-electron chi connectivity index (χ4n) is 6.25. The van der Waals surface area contributed by atoms with Crippen LogP contribution in [0.1, 0.15) is 32.6 Å². The zero-order valence-electron chi connectivity index (χ0n) is 19.8. The minimum Gasteiger partial charge on any atom is -0.454 e. The molecule has 4 heterocycles. The Morgan fingerprint density at radius 3 is 2.64 bits per heavy atom. The van der Waals surface area contributed by atoms with E-state index in [1.54, 1.807) is 12.3 Å². The van der Waals surface area contributed by atoms with Crippen LogP contribution < -0.4 is 5.32 Å². The average molecular weight is 486 g/mol. The molecule has 3 saturated carbocycles. The number of H-pyrrole nitrogens is 1. The minimum atomic E-state index is -0.546. The summed E-state index contributed by atoms with van der Waals surface area (Å²) < 4.78 is 36.1. The van der Waals surface area contributed by atoms with Gasteiger partial charge in [0.25, 0.3) is 0 Å². The largest absolute Gasteiger partial charge is 0.454 e. The van der Waals surface area contributed by atoms with Crippen molar-refractivity contribution in [1.82, 2.24) is 19.9 Å². The van der Waals surface area contributed by atoms with Crippen molar-refractivity contribution in [3.05, 3.63) is 60.4 Å². The average Bonchev–Trinajstić information content (AvgIpc) is 3.51. The van der Waals surface area contributed by atoms with Crippen LogP contribution in [0.3, 0.4) is 0 Å². The first-order valence-corrected chi connectivity index (χ1v) is 12.5. The van der Waals surface area contributed by atoms with E-state index in [2.05, 4.69) is 32.2 Å². The number of nitrogens with one attached hydrogen (secondary N) is 2. The summed E-state index contributed by atoms with van der Waals surface area (Å²) in [4.78, 5) is 16.4. The highest BCUT2D eigenvalue weighted by Crippen LogP contribution is 2.46. The van der Waals surface area contributed by atoms with Crippen molar-refractivity contribution in [1.29, 1.82) is 0 Å². The highest BCUT2D eigenvalue weighted by molar-refractivity contribution is 5.92. The number of para-hydroxylation sites is 1. The topological polar surface area (TPSA) is 79.6 Å². The van der Waals surface area contributed by atoms with Crippen LogP contribution in [0.25, 0.3) is 44.8 Å². The number of aromatic amines is 1. The van der Waals surface area contributed by atoms with E-state index in [9.17, 15) is 4.39 Å². The Bertz CT molecular complexity index is 1570. The van der Waals surface area contributed by atoms with E-state index >= 15 is 4.39 Å². The van der Waals surface area contributed by atoms with Crippen molar-refractivity contribution in [2.24, 2.45) is 17.8 Å². The number of furan rings is 1. The van der Waals surface area contributed by atoms with Crippen LogP contribution in [-0.2, 0) is 0 Å². The molecule has 3 aliphatic carbocycles. The van der Waals surface area contributed by atoms with Gasteiger partial charge in [-0.15, -0.1) is 0 Å². The highest BCUT2D eigenvalue weighted by Gasteiger charge is 2.41. The predicted octanol–water partition coefficient (Wildman–Crippen LogP) is 6.95. The van der Waals surface area contributed by atoms with Gasteiger partial charge in [-0.3, -0.25) is 0 Å². The van der Waals surface area contributed by atoms with E-state index in [0.717, 1.165) is 24.4 Å². The van der Waals surface area contributed by atoms with Crippen molar-refractivity contribution in [2.75, 3.05) is 5.32 Å². The Balaban J connectivity index is 1.40. The summed E-state index contributed by atoms with van der Waals surface area (Å²) in [6.07, 6.45) is 7.60. The Morgan fingerprint density at radius 1 is 1.03 bits per heavy atom.